The lowest BCUT2D eigenvalue weighted by atomic mass is 10.1. The van der Waals surface area contributed by atoms with Gasteiger partial charge in [-0.05, 0) is 19.3 Å². The standard InChI is InChI=1S/C15H17F2N7O2/c16-15(17)26-13-5-11(22-23-13)20-12-7-18-10-6-19-24(14(10)21-12)8-9-3-1-2-4-25-9/h5-7,9,15H,1-4,8H2,(H2,20,21,22,23)/t9-/m1/s1. The molecule has 2 N–H and O–H groups in total. The summed E-state index contributed by atoms with van der Waals surface area (Å²) in [6.07, 6.45) is 6.51. The normalized spacial score (nSPS) is 17.7. The fraction of sp³-hybridized carbons (Fsp3) is 0.467. The zero-order chi connectivity index (χ0) is 17.9. The molecular weight excluding hydrogens is 348 g/mol. The number of aromatic amines is 1. The van der Waals surface area contributed by atoms with Gasteiger partial charge in [0.25, 0.3) is 0 Å². The Morgan fingerprint density at radius 1 is 1.35 bits per heavy atom. The average molecular weight is 365 g/mol. The topological polar surface area (TPSA) is 103 Å². The molecule has 1 atom stereocenters. The molecule has 1 saturated heterocycles. The van der Waals surface area contributed by atoms with Gasteiger partial charge in [0.1, 0.15) is 5.52 Å². The first-order valence-corrected chi connectivity index (χ1v) is 8.25. The number of H-pyrrole nitrogens is 1. The fourth-order valence-electron chi connectivity index (χ4n) is 2.84. The summed E-state index contributed by atoms with van der Waals surface area (Å²) in [4.78, 5) is 8.80. The van der Waals surface area contributed by atoms with Crippen LogP contribution in [0.15, 0.2) is 18.5 Å². The second-order valence-electron chi connectivity index (χ2n) is 5.90. The second kappa shape index (κ2) is 7.20. The van der Waals surface area contributed by atoms with Crippen molar-refractivity contribution < 1.29 is 18.3 Å². The Morgan fingerprint density at radius 2 is 2.27 bits per heavy atom. The highest BCUT2D eigenvalue weighted by molar-refractivity contribution is 5.71. The molecule has 0 aliphatic carbocycles. The van der Waals surface area contributed by atoms with E-state index in [1.807, 2.05) is 0 Å². The third-order valence-corrected chi connectivity index (χ3v) is 4.02. The van der Waals surface area contributed by atoms with Crippen LogP contribution in [0.5, 0.6) is 5.88 Å². The van der Waals surface area contributed by atoms with Gasteiger partial charge >= 0.3 is 6.61 Å². The molecule has 3 aromatic heterocycles. The van der Waals surface area contributed by atoms with Crippen LogP contribution >= 0.6 is 0 Å². The van der Waals surface area contributed by atoms with Crippen LogP contribution in [0.2, 0.25) is 0 Å². The predicted octanol–water partition coefficient (Wildman–Crippen LogP) is 2.46. The Morgan fingerprint density at radius 3 is 3.08 bits per heavy atom. The highest BCUT2D eigenvalue weighted by atomic mass is 19.3. The van der Waals surface area contributed by atoms with Gasteiger partial charge in [-0.3, -0.25) is 0 Å². The van der Waals surface area contributed by atoms with Crippen LogP contribution in [0.1, 0.15) is 19.3 Å². The molecular formula is C15H17F2N7O2. The molecule has 1 fully saturated rings. The first-order chi connectivity index (χ1) is 12.7. The van der Waals surface area contributed by atoms with E-state index in [-0.39, 0.29) is 17.8 Å². The minimum atomic E-state index is -2.92. The largest absolute Gasteiger partial charge is 0.417 e. The molecule has 3 aromatic rings. The number of nitrogens with zero attached hydrogens (tertiary/aromatic N) is 5. The second-order valence-corrected chi connectivity index (χ2v) is 5.90. The molecule has 0 saturated carbocycles. The lowest BCUT2D eigenvalue weighted by Crippen LogP contribution is -2.25. The van der Waals surface area contributed by atoms with E-state index in [0.29, 0.717) is 23.5 Å². The van der Waals surface area contributed by atoms with Crippen LogP contribution in [0, 0.1) is 0 Å². The molecule has 0 unspecified atom stereocenters. The van der Waals surface area contributed by atoms with Crippen LogP contribution in [0.3, 0.4) is 0 Å². The van der Waals surface area contributed by atoms with Gasteiger partial charge in [-0.15, -0.1) is 0 Å². The van der Waals surface area contributed by atoms with Crippen molar-refractivity contribution in [1.29, 1.82) is 0 Å². The number of hydrogen-bond acceptors (Lipinski definition) is 7. The Bertz CT molecular complexity index is 876. The summed E-state index contributed by atoms with van der Waals surface area (Å²) >= 11 is 0. The molecule has 11 heteroatoms. The first kappa shape index (κ1) is 16.6. The lowest BCUT2D eigenvalue weighted by Gasteiger charge is -2.22. The van der Waals surface area contributed by atoms with Crippen molar-refractivity contribution in [2.75, 3.05) is 11.9 Å². The van der Waals surface area contributed by atoms with E-state index in [1.165, 1.54) is 12.3 Å². The molecule has 4 heterocycles. The van der Waals surface area contributed by atoms with Crippen LogP contribution in [0.4, 0.5) is 20.4 Å². The molecule has 9 nitrogen and oxygen atoms in total. The van der Waals surface area contributed by atoms with Crippen molar-refractivity contribution in [3.05, 3.63) is 18.5 Å². The number of anilines is 2. The van der Waals surface area contributed by atoms with Crippen molar-refractivity contribution in [1.82, 2.24) is 29.9 Å². The van der Waals surface area contributed by atoms with Gasteiger partial charge in [0.05, 0.1) is 25.0 Å². The Balaban J connectivity index is 1.51. The van der Waals surface area contributed by atoms with E-state index >= 15 is 0 Å². The average Bonchev–Trinajstić information content (AvgIpc) is 3.22. The van der Waals surface area contributed by atoms with Crippen molar-refractivity contribution in [3.8, 4) is 5.88 Å². The van der Waals surface area contributed by atoms with Crippen LogP contribution in [-0.2, 0) is 11.3 Å². The molecule has 0 spiro atoms. The molecule has 138 valence electrons. The highest BCUT2D eigenvalue weighted by Crippen LogP contribution is 2.21. The number of aromatic nitrogens is 6. The molecule has 26 heavy (non-hydrogen) atoms. The SMILES string of the molecule is FC(F)Oc1cc(Nc2cnc3cnn(C[C@H]4CCCCO4)c3n2)n[nH]1. The monoisotopic (exact) mass is 365 g/mol. The third kappa shape index (κ3) is 3.72. The van der Waals surface area contributed by atoms with Crippen LogP contribution in [-0.4, -0.2) is 49.3 Å². The minimum absolute atomic E-state index is 0.116. The van der Waals surface area contributed by atoms with Gasteiger partial charge in [0.15, 0.2) is 17.3 Å². The number of ether oxygens (including phenoxy) is 2. The van der Waals surface area contributed by atoms with Gasteiger partial charge in [-0.1, -0.05) is 0 Å². The summed E-state index contributed by atoms with van der Waals surface area (Å²) in [7, 11) is 0. The van der Waals surface area contributed by atoms with E-state index in [4.69, 9.17) is 4.74 Å². The third-order valence-electron chi connectivity index (χ3n) is 4.02. The van der Waals surface area contributed by atoms with E-state index < -0.39 is 6.61 Å². The molecule has 1 aliphatic heterocycles. The molecule has 1 aliphatic rings. The van der Waals surface area contributed by atoms with Crippen molar-refractivity contribution in [3.63, 3.8) is 0 Å². The zero-order valence-corrected chi connectivity index (χ0v) is 13.7. The predicted molar refractivity (Wildman–Crippen MR) is 87.4 cm³/mol. The van der Waals surface area contributed by atoms with Crippen LogP contribution < -0.4 is 10.1 Å². The molecule has 0 aromatic carbocycles. The van der Waals surface area contributed by atoms with Gasteiger partial charge in [0.2, 0.25) is 5.88 Å². The Hall–Kier alpha value is -2.82. The van der Waals surface area contributed by atoms with Crippen molar-refractivity contribution in [2.45, 2.75) is 38.5 Å². The number of fused-ring (bicyclic) bond motifs is 1. The van der Waals surface area contributed by atoms with E-state index in [1.54, 1.807) is 10.9 Å². The number of alkyl halides is 2. The fourth-order valence-corrected chi connectivity index (χ4v) is 2.84. The maximum atomic E-state index is 12.2. The molecule has 4 rings (SSSR count). The smallest absolute Gasteiger partial charge is 0.388 e. The lowest BCUT2D eigenvalue weighted by molar-refractivity contribution is -0.0528. The summed E-state index contributed by atoms with van der Waals surface area (Å²) < 4.78 is 36.1. The first-order valence-electron chi connectivity index (χ1n) is 8.25. The van der Waals surface area contributed by atoms with Gasteiger partial charge in [-0.25, -0.2) is 19.7 Å². The maximum absolute atomic E-state index is 12.2. The summed E-state index contributed by atoms with van der Waals surface area (Å²) in [5.74, 6) is 0.561. The summed E-state index contributed by atoms with van der Waals surface area (Å²) in [5.41, 5.74) is 1.28. The summed E-state index contributed by atoms with van der Waals surface area (Å²) in [6.45, 7) is -1.54. The maximum Gasteiger partial charge on any atom is 0.388 e. The number of nitrogens with one attached hydrogen (secondary N) is 2. The van der Waals surface area contributed by atoms with Gasteiger partial charge < -0.3 is 14.8 Å². The molecule has 0 bridgehead atoms. The minimum Gasteiger partial charge on any atom is -0.417 e. The van der Waals surface area contributed by atoms with Gasteiger partial charge in [-0.2, -0.15) is 19.0 Å². The number of halogens is 2. The highest BCUT2D eigenvalue weighted by Gasteiger charge is 2.17. The van der Waals surface area contributed by atoms with E-state index in [0.717, 1.165) is 25.9 Å². The Kier molecular flexibility index (Phi) is 4.61. The van der Waals surface area contributed by atoms with E-state index in [9.17, 15) is 8.78 Å². The number of rotatable bonds is 6. The van der Waals surface area contributed by atoms with Crippen LogP contribution in [0.25, 0.3) is 11.2 Å². The number of hydrogen-bond donors (Lipinski definition) is 2. The molecule has 0 radical (unpaired) electrons. The summed E-state index contributed by atoms with van der Waals surface area (Å²) in [6, 6.07) is 1.31. The van der Waals surface area contributed by atoms with E-state index in [2.05, 4.69) is 35.3 Å². The zero-order valence-electron chi connectivity index (χ0n) is 13.7. The molecule has 0 amide bonds. The van der Waals surface area contributed by atoms with Gasteiger partial charge in [0, 0.05) is 12.7 Å². The Labute approximate surface area is 146 Å². The van der Waals surface area contributed by atoms with Crippen molar-refractivity contribution >= 4 is 22.8 Å². The van der Waals surface area contributed by atoms with Crippen molar-refractivity contribution in [2.24, 2.45) is 0 Å². The quantitative estimate of drug-likeness (QED) is 0.692. The summed E-state index contributed by atoms with van der Waals surface area (Å²) in [5, 5.41) is 13.4.